The summed E-state index contributed by atoms with van der Waals surface area (Å²) in [5.41, 5.74) is 1.27. The van der Waals surface area contributed by atoms with E-state index in [0.717, 1.165) is 38.0 Å². The smallest absolute Gasteiger partial charge is 0.276 e. The molecule has 1 aliphatic heterocycles. The Hall–Kier alpha value is -2.14. The van der Waals surface area contributed by atoms with Gasteiger partial charge >= 0.3 is 0 Å². The van der Waals surface area contributed by atoms with Crippen LogP contribution < -0.4 is 5.32 Å². The third-order valence-electron chi connectivity index (χ3n) is 3.94. The van der Waals surface area contributed by atoms with Gasteiger partial charge in [0.05, 0.1) is 0 Å². The molecular formula is C17H21N3O2. The molecule has 22 heavy (non-hydrogen) atoms. The molecule has 1 fully saturated rings. The molecule has 0 saturated carbocycles. The van der Waals surface area contributed by atoms with Crippen molar-refractivity contribution >= 4 is 5.91 Å². The van der Waals surface area contributed by atoms with Gasteiger partial charge in [-0.25, -0.2) is 4.98 Å². The number of amides is 1. The predicted molar refractivity (Wildman–Crippen MR) is 84.5 cm³/mol. The summed E-state index contributed by atoms with van der Waals surface area (Å²) in [5, 5.41) is 3.31. The number of hydrogen-bond donors (Lipinski definition) is 1. The number of benzene rings is 1. The van der Waals surface area contributed by atoms with E-state index in [0.29, 0.717) is 11.6 Å². The van der Waals surface area contributed by atoms with Gasteiger partial charge in [0.15, 0.2) is 5.69 Å². The molecule has 1 saturated heterocycles. The van der Waals surface area contributed by atoms with Crippen LogP contribution >= 0.6 is 0 Å². The Bertz CT molecular complexity index is 618. The minimum absolute atomic E-state index is 0.0403. The van der Waals surface area contributed by atoms with E-state index in [-0.39, 0.29) is 11.9 Å². The van der Waals surface area contributed by atoms with Gasteiger partial charge in [0.1, 0.15) is 6.26 Å². The number of nitrogens with zero attached hydrogens (tertiary/aromatic N) is 2. The molecule has 1 aromatic heterocycles. The molecule has 1 aromatic carbocycles. The van der Waals surface area contributed by atoms with Crippen molar-refractivity contribution in [1.29, 1.82) is 0 Å². The monoisotopic (exact) mass is 299 g/mol. The van der Waals surface area contributed by atoms with Crippen LogP contribution in [0, 0.1) is 0 Å². The van der Waals surface area contributed by atoms with Crippen LogP contribution in [0.1, 0.15) is 30.3 Å². The Kier molecular flexibility index (Phi) is 4.53. The molecule has 1 aliphatic rings. The van der Waals surface area contributed by atoms with E-state index in [9.17, 15) is 4.79 Å². The summed E-state index contributed by atoms with van der Waals surface area (Å²) in [5.74, 6) is 0.450. The second kappa shape index (κ2) is 6.75. The number of rotatable bonds is 5. The summed E-state index contributed by atoms with van der Waals surface area (Å²) < 4.78 is 5.49. The van der Waals surface area contributed by atoms with E-state index < -0.39 is 0 Å². The highest BCUT2D eigenvalue weighted by Gasteiger charge is 2.28. The number of aromatic nitrogens is 1. The summed E-state index contributed by atoms with van der Waals surface area (Å²) in [4.78, 5) is 19.0. The van der Waals surface area contributed by atoms with Gasteiger partial charge in [-0.2, -0.15) is 0 Å². The zero-order valence-corrected chi connectivity index (χ0v) is 12.8. The largest absolute Gasteiger partial charge is 0.444 e. The highest BCUT2D eigenvalue weighted by atomic mass is 16.3. The number of hydrogen-bond acceptors (Lipinski definition) is 4. The number of oxazole rings is 1. The molecule has 5 nitrogen and oxygen atoms in total. The van der Waals surface area contributed by atoms with Crippen LogP contribution in [0.25, 0.3) is 11.5 Å². The topological polar surface area (TPSA) is 58.4 Å². The first-order valence-corrected chi connectivity index (χ1v) is 7.82. The number of carbonyl (C=O) groups excluding carboxylic acids is 1. The SMILES string of the molecule is CCCN(C(=O)c1coc(-c2ccccc2)n1)C1CCNC1. The fraction of sp³-hybridized carbons (Fsp3) is 0.412. The van der Waals surface area contributed by atoms with Gasteiger partial charge in [-0.15, -0.1) is 0 Å². The molecule has 2 heterocycles. The summed E-state index contributed by atoms with van der Waals surface area (Å²) in [6, 6.07) is 9.89. The van der Waals surface area contributed by atoms with E-state index in [2.05, 4.69) is 17.2 Å². The van der Waals surface area contributed by atoms with Crippen LogP contribution in [0.15, 0.2) is 41.0 Å². The van der Waals surface area contributed by atoms with Gasteiger partial charge < -0.3 is 14.6 Å². The van der Waals surface area contributed by atoms with Crippen molar-refractivity contribution in [1.82, 2.24) is 15.2 Å². The summed E-state index contributed by atoms with van der Waals surface area (Å²) in [7, 11) is 0. The van der Waals surface area contributed by atoms with E-state index in [1.165, 1.54) is 6.26 Å². The van der Waals surface area contributed by atoms with Gasteiger partial charge in [-0.1, -0.05) is 25.1 Å². The molecule has 0 bridgehead atoms. The molecule has 1 amide bonds. The first-order chi connectivity index (χ1) is 10.8. The van der Waals surface area contributed by atoms with Gasteiger partial charge in [-0.05, 0) is 31.5 Å². The third-order valence-corrected chi connectivity index (χ3v) is 3.94. The van der Waals surface area contributed by atoms with Crippen molar-refractivity contribution in [2.45, 2.75) is 25.8 Å². The molecule has 1 unspecified atom stereocenters. The number of carbonyl (C=O) groups is 1. The third kappa shape index (κ3) is 3.04. The van der Waals surface area contributed by atoms with E-state index in [4.69, 9.17) is 4.42 Å². The van der Waals surface area contributed by atoms with Crippen LogP contribution in [0.4, 0.5) is 0 Å². The fourth-order valence-corrected chi connectivity index (χ4v) is 2.83. The van der Waals surface area contributed by atoms with Crippen LogP contribution in [-0.2, 0) is 0 Å². The molecule has 0 radical (unpaired) electrons. The summed E-state index contributed by atoms with van der Waals surface area (Å²) in [6.07, 6.45) is 3.40. The quantitative estimate of drug-likeness (QED) is 0.922. The lowest BCUT2D eigenvalue weighted by Gasteiger charge is -2.27. The standard InChI is InChI=1S/C17H21N3O2/c1-2-10-20(14-8-9-18-11-14)17(21)15-12-22-16(19-15)13-6-4-3-5-7-13/h3-7,12,14,18H,2,8-11H2,1H3. The lowest BCUT2D eigenvalue weighted by atomic mass is 10.2. The molecule has 116 valence electrons. The van der Waals surface area contributed by atoms with Crippen molar-refractivity contribution in [2.24, 2.45) is 0 Å². The Morgan fingerprint density at radius 2 is 2.23 bits per heavy atom. The van der Waals surface area contributed by atoms with Crippen molar-refractivity contribution in [3.8, 4) is 11.5 Å². The lowest BCUT2D eigenvalue weighted by Crippen LogP contribution is -2.42. The Morgan fingerprint density at radius 1 is 1.41 bits per heavy atom. The van der Waals surface area contributed by atoms with Gasteiger partial charge in [0.2, 0.25) is 5.89 Å². The zero-order valence-electron chi connectivity index (χ0n) is 12.8. The molecule has 0 aliphatic carbocycles. The average Bonchev–Trinajstić information content (AvgIpc) is 3.24. The highest BCUT2D eigenvalue weighted by molar-refractivity contribution is 5.92. The second-order valence-electron chi connectivity index (χ2n) is 5.55. The van der Waals surface area contributed by atoms with Crippen molar-refractivity contribution < 1.29 is 9.21 Å². The van der Waals surface area contributed by atoms with Crippen LogP contribution in [0.5, 0.6) is 0 Å². The fourth-order valence-electron chi connectivity index (χ4n) is 2.83. The van der Waals surface area contributed by atoms with Gasteiger partial charge in [0, 0.05) is 24.7 Å². The summed E-state index contributed by atoms with van der Waals surface area (Å²) in [6.45, 7) is 4.65. The van der Waals surface area contributed by atoms with Gasteiger partial charge in [-0.3, -0.25) is 4.79 Å². The zero-order chi connectivity index (χ0) is 15.4. The minimum atomic E-state index is -0.0403. The van der Waals surface area contributed by atoms with Crippen molar-refractivity contribution in [3.63, 3.8) is 0 Å². The normalized spacial score (nSPS) is 17.6. The van der Waals surface area contributed by atoms with Gasteiger partial charge in [0.25, 0.3) is 5.91 Å². The Labute approximate surface area is 130 Å². The molecule has 2 aromatic rings. The second-order valence-corrected chi connectivity index (χ2v) is 5.55. The lowest BCUT2D eigenvalue weighted by molar-refractivity contribution is 0.0686. The molecule has 1 atom stereocenters. The van der Waals surface area contributed by atoms with E-state index in [1.54, 1.807) is 0 Å². The molecule has 0 spiro atoms. The predicted octanol–water partition coefficient (Wildman–Crippen LogP) is 2.56. The van der Waals surface area contributed by atoms with Crippen LogP contribution in [0.2, 0.25) is 0 Å². The van der Waals surface area contributed by atoms with E-state index >= 15 is 0 Å². The maximum atomic E-state index is 12.7. The van der Waals surface area contributed by atoms with Crippen LogP contribution in [-0.4, -0.2) is 41.5 Å². The maximum Gasteiger partial charge on any atom is 0.276 e. The summed E-state index contributed by atoms with van der Waals surface area (Å²) >= 11 is 0. The molecule has 1 N–H and O–H groups in total. The van der Waals surface area contributed by atoms with Crippen molar-refractivity contribution in [2.75, 3.05) is 19.6 Å². The Morgan fingerprint density at radius 3 is 2.91 bits per heavy atom. The van der Waals surface area contributed by atoms with E-state index in [1.807, 2.05) is 35.2 Å². The maximum absolute atomic E-state index is 12.7. The molecule has 5 heteroatoms. The van der Waals surface area contributed by atoms with Crippen molar-refractivity contribution in [3.05, 3.63) is 42.3 Å². The highest BCUT2D eigenvalue weighted by Crippen LogP contribution is 2.20. The molecular weight excluding hydrogens is 278 g/mol. The first-order valence-electron chi connectivity index (χ1n) is 7.82. The average molecular weight is 299 g/mol. The minimum Gasteiger partial charge on any atom is -0.444 e. The van der Waals surface area contributed by atoms with Crippen LogP contribution in [0.3, 0.4) is 0 Å². The number of nitrogens with one attached hydrogen (secondary N) is 1. The molecule has 3 rings (SSSR count). The Balaban J connectivity index is 1.80. The first kappa shape index (κ1) is 14.8.